The molecule has 0 aromatic heterocycles. The molecule has 132 valence electrons. The number of benzene rings is 1. The Bertz CT molecular complexity index is 504. The summed E-state index contributed by atoms with van der Waals surface area (Å²) in [5.74, 6) is 1.25. The third-order valence-electron chi connectivity index (χ3n) is 2.94. The van der Waals surface area contributed by atoms with Crippen LogP contribution in [0.5, 0.6) is 11.5 Å². The maximum absolute atomic E-state index is 6.19. The van der Waals surface area contributed by atoms with Gasteiger partial charge in [0, 0.05) is 21.3 Å². The molecule has 0 radical (unpaired) electrons. The van der Waals surface area contributed by atoms with Crippen LogP contribution in [0.1, 0.15) is 41.5 Å². The van der Waals surface area contributed by atoms with Crippen LogP contribution in [0.2, 0.25) is 0 Å². The number of hydrogen-bond donors (Lipinski definition) is 0. The van der Waals surface area contributed by atoms with Crippen LogP contribution in [0.15, 0.2) is 18.2 Å². The molecule has 0 amide bonds. The van der Waals surface area contributed by atoms with Crippen LogP contribution in [0, 0.1) is 0 Å². The first-order valence-electron chi connectivity index (χ1n) is 7.65. The third kappa shape index (κ3) is 5.21. The van der Waals surface area contributed by atoms with Gasteiger partial charge in [-0.25, -0.2) is 0 Å². The van der Waals surface area contributed by atoms with E-state index in [9.17, 15) is 0 Å². The molecule has 6 heteroatoms. The number of para-hydroxylation sites is 1. The van der Waals surface area contributed by atoms with Gasteiger partial charge in [0.25, 0.3) is 0 Å². The van der Waals surface area contributed by atoms with Crippen molar-refractivity contribution < 1.29 is 22.8 Å². The van der Waals surface area contributed by atoms with Crippen LogP contribution in [0.25, 0.3) is 0 Å². The molecule has 23 heavy (non-hydrogen) atoms. The molecule has 1 aromatic rings. The summed E-state index contributed by atoms with van der Waals surface area (Å²) in [6, 6.07) is 5.68. The van der Waals surface area contributed by atoms with E-state index in [1.54, 1.807) is 21.3 Å². The van der Waals surface area contributed by atoms with Crippen molar-refractivity contribution in [2.24, 2.45) is 0 Å². The maximum Gasteiger partial charge on any atom is 0.540 e. The molecule has 0 atom stereocenters. The molecular weight excluding hydrogens is 312 g/mol. The smallest absolute Gasteiger partial charge is 0.484 e. The lowest BCUT2D eigenvalue weighted by Gasteiger charge is -2.32. The Morgan fingerprint density at radius 2 is 1.22 bits per heavy atom. The van der Waals surface area contributed by atoms with Crippen molar-refractivity contribution in [2.45, 2.75) is 52.7 Å². The second kappa shape index (κ2) is 7.21. The lowest BCUT2D eigenvalue weighted by atomic mass is 10.1. The van der Waals surface area contributed by atoms with Gasteiger partial charge in [-0.1, -0.05) is 12.1 Å². The predicted molar refractivity (Wildman–Crippen MR) is 93.6 cm³/mol. The Kier molecular flexibility index (Phi) is 6.26. The van der Waals surface area contributed by atoms with Crippen molar-refractivity contribution in [2.75, 3.05) is 21.3 Å². The number of rotatable bonds is 6. The van der Waals surface area contributed by atoms with E-state index in [2.05, 4.69) is 0 Å². The van der Waals surface area contributed by atoms with Crippen molar-refractivity contribution in [3.05, 3.63) is 18.2 Å². The summed E-state index contributed by atoms with van der Waals surface area (Å²) in [6.07, 6.45) is 0. The highest BCUT2D eigenvalue weighted by Crippen LogP contribution is 2.33. The molecule has 1 rings (SSSR count). The standard InChI is InChI=1S/C17H30O5Si/c1-16(2,3)21-13-11-10-12-14(15(13)22-17(4,5)6)23(18-7,19-8)20-9/h10-12H,1-9H3. The highest BCUT2D eigenvalue weighted by atomic mass is 28.4. The van der Waals surface area contributed by atoms with Gasteiger partial charge in [-0.3, -0.25) is 0 Å². The van der Waals surface area contributed by atoms with Crippen molar-refractivity contribution in [1.82, 2.24) is 0 Å². The molecule has 0 fully saturated rings. The van der Waals surface area contributed by atoms with Crippen molar-refractivity contribution in [3.63, 3.8) is 0 Å². The van der Waals surface area contributed by atoms with Gasteiger partial charge in [0.2, 0.25) is 0 Å². The lowest BCUT2D eigenvalue weighted by Crippen LogP contribution is -2.55. The van der Waals surface area contributed by atoms with Gasteiger partial charge in [-0.15, -0.1) is 0 Å². The fraction of sp³-hybridized carbons (Fsp3) is 0.647. The molecule has 0 N–H and O–H groups in total. The van der Waals surface area contributed by atoms with Crippen molar-refractivity contribution >= 4 is 14.0 Å². The van der Waals surface area contributed by atoms with Crippen molar-refractivity contribution in [3.8, 4) is 11.5 Å². The molecule has 0 aliphatic heterocycles. The normalized spacial score (nSPS) is 13.1. The third-order valence-corrected chi connectivity index (χ3v) is 5.61. The van der Waals surface area contributed by atoms with Gasteiger partial charge in [0.05, 0.1) is 5.19 Å². The summed E-state index contributed by atoms with van der Waals surface area (Å²) in [7, 11) is 1.69. The number of ether oxygens (including phenoxy) is 2. The monoisotopic (exact) mass is 342 g/mol. The van der Waals surface area contributed by atoms with E-state index in [4.69, 9.17) is 22.8 Å². The minimum atomic E-state index is -3.05. The predicted octanol–water partition coefficient (Wildman–Crippen LogP) is 3.13. The Labute approximate surface area is 141 Å². The van der Waals surface area contributed by atoms with Gasteiger partial charge in [-0.2, -0.15) is 0 Å². The Hall–Kier alpha value is -1.08. The minimum absolute atomic E-state index is 0.355. The summed E-state index contributed by atoms with van der Waals surface area (Å²) in [4.78, 5) is 0. The van der Waals surface area contributed by atoms with E-state index in [1.807, 2.05) is 59.7 Å². The Balaban J connectivity index is 3.53. The molecule has 0 aliphatic carbocycles. The van der Waals surface area contributed by atoms with Crippen molar-refractivity contribution in [1.29, 1.82) is 0 Å². The summed E-state index contributed by atoms with van der Waals surface area (Å²) < 4.78 is 29.1. The molecule has 0 saturated heterocycles. The molecule has 0 heterocycles. The maximum atomic E-state index is 6.19. The molecule has 0 unspecified atom stereocenters. The second-order valence-electron chi connectivity index (χ2n) is 7.23. The first-order chi connectivity index (χ1) is 10.5. The highest BCUT2D eigenvalue weighted by molar-refractivity contribution is 6.76. The fourth-order valence-electron chi connectivity index (χ4n) is 2.16. The van der Waals surface area contributed by atoms with Crippen LogP contribution < -0.4 is 14.7 Å². The molecule has 0 bridgehead atoms. The van der Waals surface area contributed by atoms with E-state index in [1.165, 1.54) is 0 Å². The zero-order valence-corrected chi connectivity index (χ0v) is 16.8. The summed E-state index contributed by atoms with van der Waals surface area (Å²) in [5.41, 5.74) is -0.756. The minimum Gasteiger partial charge on any atom is -0.484 e. The Morgan fingerprint density at radius 3 is 1.61 bits per heavy atom. The van der Waals surface area contributed by atoms with Crippen LogP contribution in [-0.4, -0.2) is 41.3 Å². The molecule has 0 spiro atoms. The first kappa shape index (κ1) is 20.0. The average Bonchev–Trinajstić information content (AvgIpc) is 2.41. The molecule has 0 aliphatic rings. The average molecular weight is 343 g/mol. The molecule has 0 saturated carbocycles. The molecule has 1 aromatic carbocycles. The second-order valence-corrected chi connectivity index (χ2v) is 10.1. The summed E-state index contributed by atoms with van der Waals surface area (Å²) in [6.45, 7) is 11.9. The van der Waals surface area contributed by atoms with Crippen LogP contribution in [0.4, 0.5) is 0 Å². The van der Waals surface area contributed by atoms with Gasteiger partial charge in [0.1, 0.15) is 11.2 Å². The van der Waals surface area contributed by atoms with Crippen LogP contribution >= 0.6 is 0 Å². The number of hydrogen-bond acceptors (Lipinski definition) is 5. The van der Waals surface area contributed by atoms with E-state index in [0.29, 0.717) is 11.5 Å². The van der Waals surface area contributed by atoms with E-state index >= 15 is 0 Å². The highest BCUT2D eigenvalue weighted by Gasteiger charge is 2.45. The summed E-state index contributed by atoms with van der Waals surface area (Å²) in [5, 5.41) is 0.752. The largest absolute Gasteiger partial charge is 0.540 e. The van der Waals surface area contributed by atoms with Gasteiger partial charge < -0.3 is 22.8 Å². The summed E-state index contributed by atoms with van der Waals surface area (Å²) >= 11 is 0. The SMILES string of the molecule is CO[Si](OC)(OC)c1cccc(OC(C)(C)C)c1OC(C)(C)C. The first-order valence-corrected chi connectivity index (χ1v) is 9.37. The van der Waals surface area contributed by atoms with Crippen LogP contribution in [0.3, 0.4) is 0 Å². The zero-order valence-electron chi connectivity index (χ0n) is 15.8. The molecule has 5 nitrogen and oxygen atoms in total. The fourth-order valence-corrected chi connectivity index (χ4v) is 4.07. The van der Waals surface area contributed by atoms with E-state index < -0.39 is 14.4 Å². The zero-order chi connectivity index (χ0) is 17.9. The molecular formula is C17H30O5Si. The van der Waals surface area contributed by atoms with E-state index in [0.717, 1.165) is 5.19 Å². The topological polar surface area (TPSA) is 46.2 Å². The van der Waals surface area contributed by atoms with E-state index in [-0.39, 0.29) is 5.60 Å². The van der Waals surface area contributed by atoms with Crippen LogP contribution in [-0.2, 0) is 13.3 Å². The Morgan fingerprint density at radius 1 is 0.739 bits per heavy atom. The van der Waals surface area contributed by atoms with Gasteiger partial charge in [-0.05, 0) is 47.6 Å². The quantitative estimate of drug-likeness (QED) is 0.743. The van der Waals surface area contributed by atoms with Gasteiger partial charge >= 0.3 is 8.80 Å². The lowest BCUT2D eigenvalue weighted by molar-refractivity contribution is 0.0939. The van der Waals surface area contributed by atoms with Gasteiger partial charge in [0.15, 0.2) is 11.5 Å².